The summed E-state index contributed by atoms with van der Waals surface area (Å²) in [6, 6.07) is 7.96. The summed E-state index contributed by atoms with van der Waals surface area (Å²) in [7, 11) is 0. The quantitative estimate of drug-likeness (QED) is 0.114. The zero-order valence-corrected chi connectivity index (χ0v) is 58.3. The van der Waals surface area contributed by atoms with E-state index in [1.807, 2.05) is 253 Å². The number of oxazole rings is 1. The molecule has 460 valence electrons. The van der Waals surface area contributed by atoms with Crippen molar-refractivity contribution in [2.75, 3.05) is 0 Å². The van der Waals surface area contributed by atoms with Gasteiger partial charge in [-0.05, 0) is 144 Å². The molecule has 0 bridgehead atoms. The number of rotatable bonds is 0. The number of aryl methyl sites for hydroxylation is 10. The molecule has 0 saturated heterocycles. The predicted molar refractivity (Wildman–Crippen MR) is 358 cm³/mol. The van der Waals surface area contributed by atoms with Crippen molar-refractivity contribution in [3.8, 4) is 0 Å². The van der Waals surface area contributed by atoms with E-state index in [9.17, 15) is 0 Å². The Morgan fingerprint density at radius 1 is 0.463 bits per heavy atom. The number of hydrogen-bond acceptors (Lipinski definition) is 13. The largest absolute Gasteiger partial charge is 0.472 e. The Morgan fingerprint density at radius 2 is 1.09 bits per heavy atom. The summed E-state index contributed by atoms with van der Waals surface area (Å²) in [5.74, 6) is 0. The lowest BCUT2D eigenvalue weighted by Crippen LogP contribution is -1.65. The average Bonchev–Trinajstić information content (AvgIpc) is 4.32. The number of nitrogens with zero attached hydrogens (tertiary/aromatic N) is 7. The summed E-state index contributed by atoms with van der Waals surface area (Å²) in [6.45, 7) is 59.9. The lowest BCUT2D eigenvalue weighted by molar-refractivity contribution is 0.419. The summed E-state index contributed by atoms with van der Waals surface area (Å²) in [5, 5.41) is 24.5. The Balaban J connectivity index is -0.0000000822. The van der Waals surface area contributed by atoms with Crippen LogP contribution in [0.2, 0.25) is 0 Å². The van der Waals surface area contributed by atoms with Gasteiger partial charge >= 0.3 is 0 Å². The van der Waals surface area contributed by atoms with E-state index in [1.165, 1.54) is 45.7 Å². The first-order chi connectivity index (χ1) is 38.9. The van der Waals surface area contributed by atoms with Gasteiger partial charge in [-0.1, -0.05) is 144 Å². The minimum absolute atomic E-state index is 0.926. The minimum Gasteiger partial charge on any atom is -0.472 e. The number of H-pyrrole nitrogens is 4. The van der Waals surface area contributed by atoms with Gasteiger partial charge in [-0.25, -0.2) is 14.3 Å². The Kier molecular flexibility index (Phi) is 110. The van der Waals surface area contributed by atoms with Crippen LogP contribution in [0.1, 0.15) is 195 Å². The molecule has 0 aliphatic heterocycles. The Morgan fingerprint density at radius 3 is 1.21 bits per heavy atom. The van der Waals surface area contributed by atoms with Gasteiger partial charge in [-0.3, -0.25) is 15.2 Å². The Hall–Kier alpha value is -6.43. The van der Waals surface area contributed by atoms with Crippen LogP contribution in [0, 0.1) is 69.2 Å². The van der Waals surface area contributed by atoms with Crippen molar-refractivity contribution in [2.24, 2.45) is 0 Å². The lowest BCUT2D eigenvalue weighted by Gasteiger charge is -1.68. The molecule has 14 nitrogen and oxygen atoms in total. The van der Waals surface area contributed by atoms with E-state index >= 15 is 0 Å². The Bertz CT molecular complexity index is 1650. The monoisotopic (exact) mass is 1170 g/mol. The van der Waals surface area contributed by atoms with Gasteiger partial charge in [0.1, 0.15) is 12.5 Å². The molecule has 0 radical (unpaired) electrons. The van der Waals surface area contributed by atoms with Gasteiger partial charge in [-0.15, -0.1) is 11.3 Å². The fourth-order valence-corrected chi connectivity index (χ4v) is 4.83. The van der Waals surface area contributed by atoms with Crippen molar-refractivity contribution >= 4 is 34.2 Å². The minimum atomic E-state index is 0.926. The summed E-state index contributed by atoms with van der Waals surface area (Å²) in [5.41, 5.74) is 13.4. The molecule has 80 heavy (non-hydrogen) atoms. The van der Waals surface area contributed by atoms with Crippen LogP contribution in [-0.2, 0) is 0 Å². The summed E-state index contributed by atoms with van der Waals surface area (Å²) >= 11 is 4.86. The molecular formula is C63H117N11O3S3. The maximum atomic E-state index is 4.71. The van der Waals surface area contributed by atoms with Gasteiger partial charge in [-0.2, -0.15) is 21.5 Å². The molecule has 0 saturated carbocycles. The van der Waals surface area contributed by atoms with Crippen LogP contribution in [0.25, 0.3) is 0 Å². The third kappa shape index (κ3) is 88.2. The molecule has 10 rings (SSSR count). The molecule has 0 atom stereocenters. The molecular weight excluding hydrogens is 1050 g/mol. The smallest absolute Gasteiger partial charge is 0.180 e. The molecule has 0 spiro atoms. The van der Waals surface area contributed by atoms with Crippen molar-refractivity contribution in [1.82, 2.24) is 54.8 Å². The second-order valence-electron chi connectivity index (χ2n) is 12.4. The van der Waals surface area contributed by atoms with Crippen molar-refractivity contribution in [1.29, 1.82) is 0 Å². The molecule has 0 aliphatic rings. The molecule has 10 aromatic heterocycles. The van der Waals surface area contributed by atoms with Crippen molar-refractivity contribution < 1.29 is 13.4 Å². The summed E-state index contributed by atoms with van der Waals surface area (Å²) in [6.07, 6.45) is 24.2. The second kappa shape index (κ2) is 92.0. The number of aromatic nitrogens is 11. The van der Waals surface area contributed by atoms with Gasteiger partial charge < -0.3 is 23.3 Å². The summed E-state index contributed by atoms with van der Waals surface area (Å²) < 4.78 is 17.6. The average molecular weight is 1170 g/mol. The van der Waals surface area contributed by atoms with E-state index < -0.39 is 0 Å². The number of nitrogens with one attached hydrogen (secondary N) is 4. The van der Waals surface area contributed by atoms with Crippen LogP contribution >= 0.6 is 34.2 Å². The van der Waals surface area contributed by atoms with Crippen LogP contribution in [0.5, 0.6) is 0 Å². The van der Waals surface area contributed by atoms with Gasteiger partial charge in [0.15, 0.2) is 6.39 Å². The van der Waals surface area contributed by atoms with Crippen molar-refractivity contribution in [3.05, 3.63) is 195 Å². The molecule has 0 aromatic carbocycles. The highest BCUT2D eigenvalue weighted by Crippen LogP contribution is 2.01. The van der Waals surface area contributed by atoms with Gasteiger partial charge in [0.05, 0.1) is 42.5 Å². The zero-order chi connectivity index (χ0) is 64.1. The molecule has 10 heterocycles. The van der Waals surface area contributed by atoms with E-state index in [4.69, 9.17) is 4.42 Å². The maximum absolute atomic E-state index is 4.71. The fourth-order valence-electron chi connectivity index (χ4n) is 3.10. The number of imidazole rings is 1. The van der Waals surface area contributed by atoms with Crippen LogP contribution in [0.15, 0.2) is 152 Å². The zero-order valence-electron chi connectivity index (χ0n) is 55.9. The Labute approximate surface area is 502 Å². The van der Waals surface area contributed by atoms with E-state index in [0.29, 0.717) is 0 Å². The molecule has 0 fully saturated rings. The van der Waals surface area contributed by atoms with E-state index in [2.05, 4.69) is 94.5 Å². The number of thiophene rings is 1. The topological polar surface area (TPSA) is 193 Å². The number of thiazole rings is 1. The second-order valence-corrected chi connectivity index (χ2v) is 14.6. The molecule has 10 aromatic rings. The SMILES string of the molecule is CC.CC.CC.CC.CC.CC.CC.CC.CC.CC.Cc1cc[nH]c1.Cc1ccn[nH]1.Cc1ccoc1.Cc1ccsc1.Cc1cn[nH]c1.Cc1cnc[nH]1.Cc1cnoc1.Cc1cnsc1.Cc1cocn1.Cc1cscn1. The maximum Gasteiger partial charge on any atom is 0.180 e. The predicted octanol–water partition coefficient (Wildman–Crippen LogP) is 22.3. The first kappa shape index (κ1) is 95.9. The molecule has 17 heteroatoms. The number of furan rings is 1. The van der Waals surface area contributed by atoms with Gasteiger partial charge in [0, 0.05) is 70.6 Å². The lowest BCUT2D eigenvalue weighted by atomic mass is 10.4. The van der Waals surface area contributed by atoms with E-state index in [0.717, 1.165) is 28.3 Å². The van der Waals surface area contributed by atoms with E-state index in [1.54, 1.807) is 78.8 Å². The molecule has 0 amide bonds. The normalized spacial score (nSPS) is 7.38. The number of aromatic amines is 4. The molecule has 0 unspecified atom stereocenters. The number of hydrogen-bond donors (Lipinski definition) is 4. The highest BCUT2D eigenvalue weighted by molar-refractivity contribution is 7.08. The third-order valence-electron chi connectivity index (χ3n) is 6.21. The van der Waals surface area contributed by atoms with Crippen molar-refractivity contribution in [3.63, 3.8) is 0 Å². The first-order valence-corrected chi connectivity index (χ1v) is 31.0. The van der Waals surface area contributed by atoms with E-state index in [-0.39, 0.29) is 0 Å². The summed E-state index contributed by atoms with van der Waals surface area (Å²) in [4.78, 5) is 17.3. The highest BCUT2D eigenvalue weighted by atomic mass is 32.1. The van der Waals surface area contributed by atoms with Crippen LogP contribution in [0.3, 0.4) is 0 Å². The van der Waals surface area contributed by atoms with Crippen LogP contribution < -0.4 is 0 Å². The molecule has 0 aliphatic carbocycles. The van der Waals surface area contributed by atoms with Crippen LogP contribution in [-0.4, -0.2) is 54.8 Å². The molecule has 4 N–H and O–H groups in total. The highest BCUT2D eigenvalue weighted by Gasteiger charge is 1.80. The van der Waals surface area contributed by atoms with Crippen molar-refractivity contribution in [2.45, 2.75) is 208 Å². The van der Waals surface area contributed by atoms with Gasteiger partial charge in [0.25, 0.3) is 0 Å². The first-order valence-electron chi connectivity index (χ1n) is 28.3. The fraction of sp³-hybridized carbons (Fsp3) is 0.476. The standard InChI is InChI=1S/C5H7N.C5H6O.C5H6S.3C4H6N2.2C4H5NO.2C4H5NS.10C2H6/c3*1-5-2-3-6-4-5;1-4-2-5-3-6-4;1-4-2-5-6-3-4;1-4-2-3-5-6-4;1-4-2-6-3-5-4;1-4-2-5-6-3-4;1-4-2-6-3-5-4;1-4-2-5-6-3-4;10*1-2/h2-4,6H,1H3;2*2-4H,1H3;3*2-3H,1H3,(H,5,6);4*2-3H,1H3;10*1-2H3. The van der Waals surface area contributed by atoms with Gasteiger partial charge in [0.2, 0.25) is 0 Å². The van der Waals surface area contributed by atoms with Crippen LogP contribution in [0.4, 0.5) is 0 Å². The third-order valence-corrected chi connectivity index (χ3v) is 8.42.